The van der Waals surface area contributed by atoms with E-state index in [4.69, 9.17) is 4.42 Å². The van der Waals surface area contributed by atoms with Crippen molar-refractivity contribution in [3.05, 3.63) is 36.2 Å². The first-order chi connectivity index (χ1) is 11.8. The Hall–Kier alpha value is -2.34. The summed E-state index contributed by atoms with van der Waals surface area (Å²) in [7, 11) is 0. The summed E-state index contributed by atoms with van der Waals surface area (Å²) in [6.07, 6.45) is 2.04. The lowest BCUT2D eigenvalue weighted by molar-refractivity contribution is 0.163. The highest BCUT2D eigenvalue weighted by atomic mass is 16.4. The zero-order valence-electron chi connectivity index (χ0n) is 15.2. The number of oxazole rings is 1. The third-order valence-electron chi connectivity index (χ3n) is 3.84. The number of rotatable bonds is 7. The summed E-state index contributed by atoms with van der Waals surface area (Å²) in [6.45, 7) is 8.36. The Labute approximate surface area is 148 Å². The number of nitrogens with zero attached hydrogens (tertiary/aromatic N) is 1. The number of hydrogen-bond donors (Lipinski definition) is 3. The first kappa shape index (κ1) is 19.0. The van der Waals surface area contributed by atoms with E-state index >= 15 is 0 Å². The van der Waals surface area contributed by atoms with Crippen molar-refractivity contribution in [2.45, 2.75) is 46.1 Å². The number of benzene rings is 1. The second-order valence-electron chi connectivity index (χ2n) is 6.82. The molecule has 0 aliphatic carbocycles. The molecule has 25 heavy (non-hydrogen) atoms. The number of nitrogens with one attached hydrogen (secondary N) is 2. The Morgan fingerprint density at radius 2 is 1.88 bits per heavy atom. The lowest BCUT2D eigenvalue weighted by Crippen LogP contribution is -2.33. The molecule has 6 nitrogen and oxygen atoms in total. The van der Waals surface area contributed by atoms with Crippen molar-refractivity contribution in [1.29, 1.82) is 0 Å². The summed E-state index contributed by atoms with van der Waals surface area (Å²) >= 11 is 0. The van der Waals surface area contributed by atoms with Crippen LogP contribution in [0.15, 0.2) is 34.9 Å². The Bertz CT molecular complexity index is 677. The maximum absolute atomic E-state index is 11.9. The van der Waals surface area contributed by atoms with Crippen LogP contribution in [-0.2, 0) is 0 Å². The highest BCUT2D eigenvalue weighted by molar-refractivity contribution is 5.89. The van der Waals surface area contributed by atoms with E-state index in [1.165, 1.54) is 0 Å². The molecule has 136 valence electrons. The van der Waals surface area contributed by atoms with Crippen LogP contribution >= 0.6 is 0 Å². The lowest BCUT2D eigenvalue weighted by Gasteiger charge is -2.14. The van der Waals surface area contributed by atoms with Gasteiger partial charge in [0.15, 0.2) is 0 Å². The second-order valence-corrected chi connectivity index (χ2v) is 6.82. The van der Waals surface area contributed by atoms with Gasteiger partial charge in [-0.3, -0.25) is 0 Å². The Morgan fingerprint density at radius 1 is 1.20 bits per heavy atom. The van der Waals surface area contributed by atoms with E-state index in [0.29, 0.717) is 30.5 Å². The minimum Gasteiger partial charge on any atom is -0.441 e. The molecule has 0 aliphatic rings. The van der Waals surface area contributed by atoms with Crippen LogP contribution in [0.2, 0.25) is 0 Å². The molecule has 2 rings (SSSR count). The fourth-order valence-electron chi connectivity index (χ4n) is 2.49. The Balaban J connectivity index is 1.88. The number of anilines is 1. The highest BCUT2D eigenvalue weighted by Gasteiger charge is 2.11. The van der Waals surface area contributed by atoms with E-state index < -0.39 is 0 Å². The van der Waals surface area contributed by atoms with E-state index in [1.807, 2.05) is 31.2 Å². The smallest absolute Gasteiger partial charge is 0.319 e. The minimum atomic E-state index is -0.362. The number of carbonyl (C=O) groups excluding carboxylic acids is 1. The van der Waals surface area contributed by atoms with Crippen LogP contribution in [0.3, 0.4) is 0 Å². The van der Waals surface area contributed by atoms with Crippen LogP contribution in [0.5, 0.6) is 0 Å². The largest absolute Gasteiger partial charge is 0.441 e. The lowest BCUT2D eigenvalue weighted by atomic mass is 10.1. The second kappa shape index (κ2) is 8.67. The Morgan fingerprint density at radius 3 is 2.44 bits per heavy atom. The Kier molecular flexibility index (Phi) is 6.58. The summed E-state index contributed by atoms with van der Waals surface area (Å²) in [5.74, 6) is 1.94. The first-order valence-corrected chi connectivity index (χ1v) is 8.64. The summed E-state index contributed by atoms with van der Waals surface area (Å²) in [5, 5.41) is 14.9. The van der Waals surface area contributed by atoms with Gasteiger partial charge in [-0.15, -0.1) is 0 Å². The van der Waals surface area contributed by atoms with Gasteiger partial charge in [0.05, 0.1) is 12.3 Å². The number of aromatic nitrogens is 1. The number of aliphatic hydroxyl groups excluding tert-OH is 1. The molecule has 1 aromatic carbocycles. The van der Waals surface area contributed by atoms with Gasteiger partial charge in [-0.1, -0.05) is 20.8 Å². The molecule has 0 bridgehead atoms. The number of hydrogen-bond acceptors (Lipinski definition) is 4. The zero-order valence-corrected chi connectivity index (χ0v) is 15.2. The fraction of sp³-hybridized carbons (Fsp3) is 0.474. The molecule has 2 atom stereocenters. The molecule has 0 saturated carbocycles. The van der Waals surface area contributed by atoms with E-state index in [9.17, 15) is 9.90 Å². The van der Waals surface area contributed by atoms with Gasteiger partial charge in [0.25, 0.3) is 0 Å². The van der Waals surface area contributed by atoms with Crippen molar-refractivity contribution >= 4 is 11.7 Å². The van der Waals surface area contributed by atoms with Crippen molar-refractivity contribution in [2.75, 3.05) is 11.9 Å². The van der Waals surface area contributed by atoms with Crippen LogP contribution in [0.4, 0.5) is 10.5 Å². The fourth-order valence-corrected chi connectivity index (χ4v) is 2.49. The van der Waals surface area contributed by atoms with Crippen molar-refractivity contribution in [1.82, 2.24) is 10.3 Å². The summed E-state index contributed by atoms with van der Waals surface area (Å²) < 4.78 is 5.72. The van der Waals surface area contributed by atoms with Gasteiger partial charge < -0.3 is 20.2 Å². The molecule has 2 unspecified atom stereocenters. The molecular weight excluding hydrogens is 318 g/mol. The molecule has 0 radical (unpaired) electrons. The van der Waals surface area contributed by atoms with Crippen LogP contribution < -0.4 is 10.6 Å². The molecule has 0 aliphatic heterocycles. The van der Waals surface area contributed by atoms with Gasteiger partial charge >= 0.3 is 6.03 Å². The summed E-state index contributed by atoms with van der Waals surface area (Å²) in [6, 6.07) is 7.09. The summed E-state index contributed by atoms with van der Waals surface area (Å²) in [5.41, 5.74) is 1.56. The molecule has 6 heteroatoms. The van der Waals surface area contributed by atoms with Crippen LogP contribution in [0.1, 0.15) is 45.8 Å². The number of aliphatic hydroxyl groups is 1. The minimum absolute atomic E-state index is 0.216. The predicted molar refractivity (Wildman–Crippen MR) is 98.5 cm³/mol. The van der Waals surface area contributed by atoms with Gasteiger partial charge in [0.2, 0.25) is 5.89 Å². The molecule has 0 saturated heterocycles. The van der Waals surface area contributed by atoms with Gasteiger partial charge in [-0.2, -0.15) is 0 Å². The maximum Gasteiger partial charge on any atom is 0.319 e. The van der Waals surface area contributed by atoms with Crippen LogP contribution in [0, 0.1) is 5.92 Å². The van der Waals surface area contributed by atoms with Gasteiger partial charge in [-0.05, 0) is 43.5 Å². The standard InChI is InChI=1S/C19H27N3O3/c1-12(2)17-11-20-18(25-17)15-5-7-16(8-6-15)22-19(24)21-10-13(3)9-14(4)23/h5-8,11-14,23H,9-10H2,1-4H3,(H2,21,22,24). The van der Waals surface area contributed by atoms with E-state index in [1.54, 1.807) is 13.1 Å². The number of carbonyl (C=O) groups is 1. The topological polar surface area (TPSA) is 87.4 Å². The third-order valence-corrected chi connectivity index (χ3v) is 3.84. The van der Waals surface area contributed by atoms with E-state index in [2.05, 4.69) is 29.5 Å². The molecule has 2 amide bonds. The van der Waals surface area contributed by atoms with E-state index in [0.717, 1.165) is 11.3 Å². The van der Waals surface area contributed by atoms with Crippen molar-refractivity contribution in [2.24, 2.45) is 5.92 Å². The predicted octanol–water partition coefficient (Wildman–Crippen LogP) is 3.99. The quantitative estimate of drug-likeness (QED) is 0.708. The van der Waals surface area contributed by atoms with Gasteiger partial charge in [0, 0.05) is 23.7 Å². The van der Waals surface area contributed by atoms with Crippen LogP contribution in [0.25, 0.3) is 11.5 Å². The zero-order chi connectivity index (χ0) is 18.4. The first-order valence-electron chi connectivity index (χ1n) is 8.64. The van der Waals surface area contributed by atoms with Crippen molar-refractivity contribution in [3.8, 4) is 11.5 Å². The maximum atomic E-state index is 11.9. The number of amides is 2. The summed E-state index contributed by atoms with van der Waals surface area (Å²) in [4.78, 5) is 16.2. The normalized spacial score (nSPS) is 13.5. The molecule has 0 spiro atoms. The van der Waals surface area contributed by atoms with E-state index in [-0.39, 0.29) is 18.1 Å². The average molecular weight is 345 g/mol. The molecule has 1 aromatic heterocycles. The molecular formula is C19H27N3O3. The van der Waals surface area contributed by atoms with Crippen molar-refractivity contribution in [3.63, 3.8) is 0 Å². The molecule has 1 heterocycles. The third kappa shape index (κ3) is 5.90. The molecule has 0 fully saturated rings. The SMILES string of the molecule is CC(O)CC(C)CNC(=O)Nc1ccc(-c2ncc(C(C)C)o2)cc1. The van der Waals surface area contributed by atoms with Gasteiger partial charge in [0.1, 0.15) is 5.76 Å². The van der Waals surface area contributed by atoms with Crippen molar-refractivity contribution < 1.29 is 14.3 Å². The van der Waals surface area contributed by atoms with Gasteiger partial charge in [-0.25, -0.2) is 9.78 Å². The average Bonchev–Trinajstić information content (AvgIpc) is 3.03. The monoisotopic (exact) mass is 345 g/mol. The van der Waals surface area contributed by atoms with Crippen LogP contribution in [-0.4, -0.2) is 28.8 Å². The molecule has 2 aromatic rings. The number of urea groups is 1. The molecule has 3 N–H and O–H groups in total. The highest BCUT2D eigenvalue weighted by Crippen LogP contribution is 2.24.